The first-order valence-corrected chi connectivity index (χ1v) is 6.44. The Balaban J connectivity index is 1.84. The molecular weight excluding hydrogens is 290 g/mol. The van der Waals surface area contributed by atoms with E-state index in [4.69, 9.17) is 10.5 Å². The number of pyridine rings is 1. The van der Waals surface area contributed by atoms with E-state index in [2.05, 4.69) is 10.1 Å². The zero-order chi connectivity index (χ0) is 15.7. The summed E-state index contributed by atoms with van der Waals surface area (Å²) in [4.78, 5) is 4.08. The van der Waals surface area contributed by atoms with Gasteiger partial charge in [-0.2, -0.15) is 0 Å². The highest BCUT2D eigenvalue weighted by molar-refractivity contribution is 5.44. The molecule has 3 aromatic rings. The van der Waals surface area contributed by atoms with Crippen molar-refractivity contribution in [2.75, 3.05) is 5.73 Å². The third-order valence-electron chi connectivity index (χ3n) is 3.02. The summed E-state index contributed by atoms with van der Waals surface area (Å²) in [6.45, 7) is 1.62. The lowest BCUT2D eigenvalue weighted by Gasteiger charge is -2.04. The minimum atomic E-state index is -0.570. The van der Waals surface area contributed by atoms with Crippen molar-refractivity contribution in [3.05, 3.63) is 59.9 Å². The average Bonchev–Trinajstić information content (AvgIpc) is 2.94. The van der Waals surface area contributed by atoms with Crippen LogP contribution in [0.3, 0.4) is 0 Å². The molecule has 7 heteroatoms. The first-order valence-electron chi connectivity index (χ1n) is 6.44. The Bertz CT molecular complexity index is 832. The largest absolute Gasteiger partial charge is 0.437 e. The Morgan fingerprint density at radius 1 is 1.14 bits per heavy atom. The highest BCUT2D eigenvalue weighted by atomic mass is 19.1. The zero-order valence-corrected chi connectivity index (χ0v) is 11.6. The van der Waals surface area contributed by atoms with Crippen molar-refractivity contribution in [1.82, 2.24) is 14.8 Å². The molecule has 0 spiro atoms. The average molecular weight is 302 g/mol. The van der Waals surface area contributed by atoms with Crippen LogP contribution >= 0.6 is 0 Å². The van der Waals surface area contributed by atoms with E-state index in [1.807, 2.05) is 0 Å². The van der Waals surface area contributed by atoms with E-state index in [0.717, 1.165) is 6.07 Å². The number of nitrogens with two attached hydrogens (primary N) is 1. The van der Waals surface area contributed by atoms with Crippen molar-refractivity contribution in [3.63, 3.8) is 0 Å². The number of nitrogens with zero attached hydrogens (tertiary/aromatic N) is 3. The van der Waals surface area contributed by atoms with Gasteiger partial charge < -0.3 is 10.5 Å². The Morgan fingerprint density at radius 2 is 1.95 bits per heavy atom. The number of rotatable bonds is 3. The molecule has 2 heterocycles. The van der Waals surface area contributed by atoms with Crippen molar-refractivity contribution >= 4 is 5.69 Å². The van der Waals surface area contributed by atoms with Crippen molar-refractivity contribution < 1.29 is 13.5 Å². The van der Waals surface area contributed by atoms with Gasteiger partial charge in [-0.1, -0.05) is 0 Å². The summed E-state index contributed by atoms with van der Waals surface area (Å²) in [5, 5.41) is 4.11. The lowest BCUT2D eigenvalue weighted by molar-refractivity contribution is 0.453. The van der Waals surface area contributed by atoms with Gasteiger partial charge in [-0.15, -0.1) is 5.10 Å². The van der Waals surface area contributed by atoms with Crippen LogP contribution in [0.1, 0.15) is 5.56 Å². The normalized spacial score (nSPS) is 10.7. The quantitative estimate of drug-likeness (QED) is 0.754. The number of benzene rings is 1. The highest BCUT2D eigenvalue weighted by Crippen LogP contribution is 2.23. The number of anilines is 1. The number of aryl methyl sites for hydroxylation is 1. The first-order chi connectivity index (χ1) is 10.5. The molecule has 0 unspecified atom stereocenters. The predicted octanol–water partition coefficient (Wildman–Crippen LogP) is 3.23. The summed E-state index contributed by atoms with van der Waals surface area (Å²) >= 11 is 0. The van der Waals surface area contributed by atoms with Crippen molar-refractivity contribution in [2.24, 2.45) is 0 Å². The number of ether oxygens (including phenoxy) is 1. The monoisotopic (exact) mass is 302 g/mol. The minimum absolute atomic E-state index is 0.0391. The van der Waals surface area contributed by atoms with Crippen molar-refractivity contribution in [3.8, 4) is 17.4 Å². The molecule has 0 saturated carbocycles. The second-order valence-corrected chi connectivity index (χ2v) is 4.68. The predicted molar refractivity (Wildman–Crippen MR) is 76.9 cm³/mol. The van der Waals surface area contributed by atoms with Crippen LogP contribution in [-0.2, 0) is 0 Å². The molecular formula is C15H12F2N4O. The highest BCUT2D eigenvalue weighted by Gasteiger charge is 2.08. The number of nitrogen functional groups attached to an aromatic ring is 1. The molecule has 5 nitrogen and oxygen atoms in total. The maximum absolute atomic E-state index is 13.5. The van der Waals surface area contributed by atoms with Crippen LogP contribution in [0.15, 0.2) is 42.7 Å². The van der Waals surface area contributed by atoms with E-state index < -0.39 is 5.82 Å². The molecule has 0 atom stereocenters. The number of halogens is 2. The van der Waals surface area contributed by atoms with Crippen LogP contribution in [0.5, 0.6) is 11.6 Å². The van der Waals surface area contributed by atoms with Gasteiger partial charge in [0.05, 0.1) is 5.69 Å². The van der Waals surface area contributed by atoms with E-state index in [0.29, 0.717) is 11.4 Å². The van der Waals surface area contributed by atoms with Gasteiger partial charge >= 0.3 is 0 Å². The van der Waals surface area contributed by atoms with Crippen LogP contribution in [0, 0.1) is 18.6 Å². The minimum Gasteiger partial charge on any atom is -0.437 e. The molecule has 0 aliphatic heterocycles. The van der Waals surface area contributed by atoms with Gasteiger partial charge in [0.15, 0.2) is 5.82 Å². The van der Waals surface area contributed by atoms with Crippen LogP contribution < -0.4 is 10.5 Å². The van der Waals surface area contributed by atoms with E-state index in [9.17, 15) is 8.78 Å². The van der Waals surface area contributed by atoms with Crippen LogP contribution in [0.2, 0.25) is 0 Å². The maximum atomic E-state index is 13.5. The molecule has 0 saturated heterocycles. The first kappa shape index (κ1) is 14.0. The van der Waals surface area contributed by atoms with Gasteiger partial charge in [-0.3, -0.25) is 0 Å². The molecule has 0 fully saturated rings. The van der Waals surface area contributed by atoms with E-state index in [-0.39, 0.29) is 23.1 Å². The van der Waals surface area contributed by atoms with Gasteiger partial charge in [0.25, 0.3) is 0 Å². The lowest BCUT2D eigenvalue weighted by atomic mass is 10.3. The lowest BCUT2D eigenvalue weighted by Crippen LogP contribution is -2.00. The molecule has 0 radical (unpaired) electrons. The number of hydrogen-bond acceptors (Lipinski definition) is 4. The molecule has 0 aliphatic carbocycles. The SMILES string of the molecule is Cc1cnc(-n2ccc(Oc3ccc(N)c(F)c3)n2)cc1F. The fraction of sp³-hybridized carbons (Fsp3) is 0.0667. The Labute approximate surface area is 125 Å². The Hall–Kier alpha value is -2.96. The standard InChI is InChI=1S/C15H12F2N4O/c1-9-8-19-14(7-11(9)16)21-5-4-15(20-21)22-10-2-3-13(18)12(17)6-10/h2-8H,18H2,1H3. The van der Waals surface area contributed by atoms with Crippen LogP contribution in [0.4, 0.5) is 14.5 Å². The summed E-state index contributed by atoms with van der Waals surface area (Å²) in [5.74, 6) is -0.129. The van der Waals surface area contributed by atoms with Gasteiger partial charge in [-0.25, -0.2) is 18.4 Å². The molecule has 1 aromatic carbocycles. The molecule has 2 aromatic heterocycles. The topological polar surface area (TPSA) is 66.0 Å². The summed E-state index contributed by atoms with van der Waals surface area (Å²) in [5.41, 5.74) is 5.88. The maximum Gasteiger partial charge on any atom is 0.238 e. The second kappa shape index (κ2) is 5.44. The Morgan fingerprint density at radius 3 is 2.68 bits per heavy atom. The Kier molecular flexibility index (Phi) is 3.46. The van der Waals surface area contributed by atoms with Crippen LogP contribution in [-0.4, -0.2) is 14.8 Å². The molecule has 112 valence electrons. The van der Waals surface area contributed by atoms with Crippen LogP contribution in [0.25, 0.3) is 5.82 Å². The molecule has 0 bridgehead atoms. The molecule has 0 aliphatic rings. The molecule has 22 heavy (non-hydrogen) atoms. The van der Waals surface area contributed by atoms with Gasteiger partial charge in [0.2, 0.25) is 5.88 Å². The van der Waals surface area contributed by atoms with Gasteiger partial charge in [0.1, 0.15) is 17.4 Å². The summed E-state index contributed by atoms with van der Waals surface area (Å²) < 4.78 is 33.7. The molecule has 3 rings (SSSR count). The third-order valence-corrected chi connectivity index (χ3v) is 3.02. The zero-order valence-electron chi connectivity index (χ0n) is 11.6. The number of hydrogen-bond donors (Lipinski definition) is 1. The van der Waals surface area contributed by atoms with E-state index in [1.54, 1.807) is 19.2 Å². The van der Waals surface area contributed by atoms with Gasteiger partial charge in [0, 0.05) is 36.2 Å². The molecule has 2 N–H and O–H groups in total. The molecule has 0 amide bonds. The van der Waals surface area contributed by atoms with Crippen molar-refractivity contribution in [2.45, 2.75) is 6.92 Å². The second-order valence-electron chi connectivity index (χ2n) is 4.68. The summed E-state index contributed by atoms with van der Waals surface area (Å²) in [7, 11) is 0. The van der Waals surface area contributed by atoms with E-state index in [1.165, 1.54) is 29.1 Å². The van der Waals surface area contributed by atoms with Gasteiger partial charge in [-0.05, 0) is 19.1 Å². The smallest absolute Gasteiger partial charge is 0.238 e. The third kappa shape index (κ3) is 2.73. The summed E-state index contributed by atoms with van der Waals surface area (Å²) in [6, 6.07) is 6.93. The van der Waals surface area contributed by atoms with E-state index >= 15 is 0 Å². The fourth-order valence-electron chi connectivity index (χ4n) is 1.80. The van der Waals surface area contributed by atoms with Crippen molar-refractivity contribution in [1.29, 1.82) is 0 Å². The number of aromatic nitrogens is 3. The summed E-state index contributed by atoms with van der Waals surface area (Å²) in [6.07, 6.45) is 2.99. The fourth-order valence-corrected chi connectivity index (χ4v) is 1.80.